The maximum atomic E-state index is 12.3. The molecule has 0 radical (unpaired) electrons. The van der Waals surface area contributed by atoms with Crippen LogP contribution < -0.4 is 4.90 Å². The Labute approximate surface area is 137 Å². The molecule has 22 heavy (non-hydrogen) atoms. The fraction of sp³-hybridized carbons (Fsp3) is 0.176. The third kappa shape index (κ3) is 3.74. The first kappa shape index (κ1) is 16.2. The van der Waals surface area contributed by atoms with Crippen molar-refractivity contribution in [1.29, 1.82) is 0 Å². The predicted molar refractivity (Wildman–Crippen MR) is 88.9 cm³/mol. The van der Waals surface area contributed by atoms with E-state index < -0.39 is 12.1 Å². The number of esters is 1. The Hall–Kier alpha value is -2.14. The molecule has 2 aromatic rings. The van der Waals surface area contributed by atoms with E-state index in [9.17, 15) is 9.59 Å². The van der Waals surface area contributed by atoms with Crippen LogP contribution in [0.15, 0.2) is 59.1 Å². The van der Waals surface area contributed by atoms with Crippen LogP contribution in [0, 0.1) is 0 Å². The highest BCUT2D eigenvalue weighted by Crippen LogP contribution is 2.18. The number of nitrogens with zero attached hydrogens (tertiary/aromatic N) is 1. The van der Waals surface area contributed by atoms with Crippen LogP contribution in [0.4, 0.5) is 5.69 Å². The topological polar surface area (TPSA) is 46.6 Å². The Morgan fingerprint density at radius 3 is 2.27 bits per heavy atom. The van der Waals surface area contributed by atoms with E-state index in [0.717, 1.165) is 5.69 Å². The minimum absolute atomic E-state index is 0.286. The smallest absolute Gasteiger partial charge is 0.340 e. The van der Waals surface area contributed by atoms with Crippen molar-refractivity contribution in [3.8, 4) is 0 Å². The molecule has 0 aliphatic heterocycles. The molecule has 0 aromatic heterocycles. The number of carbonyl (C=O) groups excluding carboxylic acids is 2. The Morgan fingerprint density at radius 2 is 1.64 bits per heavy atom. The van der Waals surface area contributed by atoms with Gasteiger partial charge in [0.2, 0.25) is 0 Å². The lowest BCUT2D eigenvalue weighted by Crippen LogP contribution is -2.37. The molecule has 0 fully saturated rings. The first-order valence-electron chi connectivity index (χ1n) is 6.79. The molecule has 0 bridgehead atoms. The number of hydrogen-bond donors (Lipinski definition) is 0. The molecular weight excluding hydrogens is 346 g/mol. The highest BCUT2D eigenvalue weighted by molar-refractivity contribution is 9.10. The molecule has 2 rings (SSSR count). The SMILES string of the molecule is C[C@@H](OC(=O)c1ccccc1Br)C(=O)N(C)c1ccccc1. The second-order valence-corrected chi connectivity index (χ2v) is 5.61. The van der Waals surface area contributed by atoms with Gasteiger partial charge in [-0.1, -0.05) is 30.3 Å². The summed E-state index contributed by atoms with van der Waals surface area (Å²) in [5.74, 6) is -0.818. The molecule has 0 N–H and O–H groups in total. The summed E-state index contributed by atoms with van der Waals surface area (Å²) in [7, 11) is 1.65. The van der Waals surface area contributed by atoms with Gasteiger partial charge in [-0.2, -0.15) is 0 Å². The van der Waals surface area contributed by atoms with Crippen LogP contribution in [0.2, 0.25) is 0 Å². The van der Waals surface area contributed by atoms with E-state index in [1.54, 1.807) is 38.2 Å². The van der Waals surface area contributed by atoms with E-state index in [1.165, 1.54) is 4.90 Å². The molecule has 1 atom stereocenters. The van der Waals surface area contributed by atoms with Crippen LogP contribution in [0.25, 0.3) is 0 Å². The normalized spacial score (nSPS) is 11.6. The number of amides is 1. The molecule has 0 aliphatic carbocycles. The van der Waals surface area contributed by atoms with E-state index in [2.05, 4.69) is 15.9 Å². The largest absolute Gasteiger partial charge is 0.449 e. The fourth-order valence-corrected chi connectivity index (χ4v) is 2.40. The quantitative estimate of drug-likeness (QED) is 0.780. The van der Waals surface area contributed by atoms with E-state index >= 15 is 0 Å². The van der Waals surface area contributed by atoms with Crippen LogP contribution in [-0.2, 0) is 9.53 Å². The zero-order chi connectivity index (χ0) is 16.1. The standard InChI is InChI=1S/C17H16BrNO3/c1-12(16(20)19(2)13-8-4-3-5-9-13)22-17(21)14-10-6-7-11-15(14)18/h3-12H,1-2H3/t12-/m1/s1. The minimum Gasteiger partial charge on any atom is -0.449 e. The molecule has 0 spiro atoms. The van der Waals surface area contributed by atoms with Crippen LogP contribution in [0.3, 0.4) is 0 Å². The van der Waals surface area contributed by atoms with Crippen molar-refractivity contribution in [2.75, 3.05) is 11.9 Å². The van der Waals surface area contributed by atoms with Crippen molar-refractivity contribution in [3.63, 3.8) is 0 Å². The molecule has 0 saturated heterocycles. The number of hydrogen-bond acceptors (Lipinski definition) is 3. The van der Waals surface area contributed by atoms with Gasteiger partial charge in [-0.3, -0.25) is 4.79 Å². The van der Waals surface area contributed by atoms with Gasteiger partial charge in [0.25, 0.3) is 5.91 Å². The van der Waals surface area contributed by atoms with Crippen molar-refractivity contribution in [3.05, 3.63) is 64.6 Å². The third-order valence-electron chi connectivity index (χ3n) is 3.20. The number of ether oxygens (including phenoxy) is 1. The van der Waals surface area contributed by atoms with Crippen molar-refractivity contribution in [1.82, 2.24) is 0 Å². The second-order valence-electron chi connectivity index (χ2n) is 4.76. The number of rotatable bonds is 4. The van der Waals surface area contributed by atoms with E-state index in [0.29, 0.717) is 10.0 Å². The number of halogens is 1. The highest BCUT2D eigenvalue weighted by atomic mass is 79.9. The summed E-state index contributed by atoms with van der Waals surface area (Å²) in [6, 6.07) is 16.1. The van der Waals surface area contributed by atoms with Crippen LogP contribution in [0.1, 0.15) is 17.3 Å². The monoisotopic (exact) mass is 361 g/mol. The fourth-order valence-electron chi connectivity index (χ4n) is 1.95. The molecule has 5 heteroatoms. The van der Waals surface area contributed by atoms with Gasteiger partial charge in [0, 0.05) is 17.2 Å². The summed E-state index contributed by atoms with van der Waals surface area (Å²) in [5, 5.41) is 0. The summed E-state index contributed by atoms with van der Waals surface area (Å²) in [5.41, 5.74) is 1.14. The zero-order valence-electron chi connectivity index (χ0n) is 12.3. The van der Waals surface area contributed by atoms with Gasteiger partial charge in [0.05, 0.1) is 5.56 Å². The van der Waals surface area contributed by atoms with Crippen LogP contribution in [-0.4, -0.2) is 25.0 Å². The average molecular weight is 362 g/mol. The zero-order valence-corrected chi connectivity index (χ0v) is 13.9. The summed E-state index contributed by atoms with van der Waals surface area (Å²) >= 11 is 3.29. The maximum Gasteiger partial charge on any atom is 0.340 e. The first-order chi connectivity index (χ1) is 10.5. The van der Waals surface area contributed by atoms with E-state index in [1.807, 2.05) is 30.3 Å². The van der Waals surface area contributed by atoms with Crippen molar-refractivity contribution >= 4 is 33.5 Å². The highest BCUT2D eigenvalue weighted by Gasteiger charge is 2.23. The van der Waals surface area contributed by atoms with Gasteiger partial charge in [-0.15, -0.1) is 0 Å². The summed E-state index contributed by atoms with van der Waals surface area (Å²) in [6.45, 7) is 1.57. The van der Waals surface area contributed by atoms with Gasteiger partial charge in [0.15, 0.2) is 6.10 Å². The number of para-hydroxylation sites is 1. The molecule has 0 saturated carbocycles. The second kappa shape index (κ2) is 7.22. The molecule has 1 amide bonds. The summed E-state index contributed by atoms with van der Waals surface area (Å²) < 4.78 is 5.90. The predicted octanol–water partition coefficient (Wildman–Crippen LogP) is 3.66. The van der Waals surface area contributed by atoms with Crippen LogP contribution in [0.5, 0.6) is 0 Å². The van der Waals surface area contributed by atoms with Gasteiger partial charge >= 0.3 is 5.97 Å². The van der Waals surface area contributed by atoms with Crippen LogP contribution >= 0.6 is 15.9 Å². The Balaban J connectivity index is 2.06. The number of benzene rings is 2. The average Bonchev–Trinajstić information content (AvgIpc) is 2.54. The molecule has 2 aromatic carbocycles. The minimum atomic E-state index is -0.871. The molecule has 4 nitrogen and oxygen atoms in total. The summed E-state index contributed by atoms with van der Waals surface area (Å²) in [6.07, 6.45) is -0.871. The Kier molecular flexibility index (Phi) is 5.33. The van der Waals surface area contributed by atoms with Crippen molar-refractivity contribution in [2.45, 2.75) is 13.0 Å². The van der Waals surface area contributed by atoms with Crippen molar-refractivity contribution in [2.24, 2.45) is 0 Å². The van der Waals surface area contributed by atoms with E-state index in [-0.39, 0.29) is 5.91 Å². The number of carbonyl (C=O) groups is 2. The lowest BCUT2D eigenvalue weighted by molar-refractivity contribution is -0.126. The van der Waals surface area contributed by atoms with Gasteiger partial charge < -0.3 is 9.64 Å². The third-order valence-corrected chi connectivity index (χ3v) is 3.89. The van der Waals surface area contributed by atoms with Gasteiger partial charge in [0.1, 0.15) is 0 Å². The Bertz CT molecular complexity index is 673. The summed E-state index contributed by atoms with van der Waals surface area (Å²) in [4.78, 5) is 25.9. The lowest BCUT2D eigenvalue weighted by Gasteiger charge is -2.21. The van der Waals surface area contributed by atoms with E-state index in [4.69, 9.17) is 4.74 Å². The molecule has 0 aliphatic rings. The molecular formula is C17H16BrNO3. The lowest BCUT2D eigenvalue weighted by atomic mass is 10.2. The number of anilines is 1. The Morgan fingerprint density at radius 1 is 1.05 bits per heavy atom. The van der Waals surface area contributed by atoms with Gasteiger partial charge in [-0.05, 0) is 47.1 Å². The molecule has 0 unspecified atom stereocenters. The van der Waals surface area contributed by atoms with Crippen molar-refractivity contribution < 1.29 is 14.3 Å². The number of likely N-dealkylation sites (N-methyl/N-ethyl adjacent to an activating group) is 1. The van der Waals surface area contributed by atoms with Gasteiger partial charge in [-0.25, -0.2) is 4.79 Å². The molecule has 114 valence electrons. The maximum absolute atomic E-state index is 12.3. The molecule has 0 heterocycles. The first-order valence-corrected chi connectivity index (χ1v) is 7.58.